The van der Waals surface area contributed by atoms with E-state index in [2.05, 4.69) is 47.5 Å². The van der Waals surface area contributed by atoms with E-state index in [9.17, 15) is 5.11 Å². The summed E-state index contributed by atoms with van der Waals surface area (Å²) in [5.74, 6) is 1.54. The summed E-state index contributed by atoms with van der Waals surface area (Å²) in [5, 5.41) is 14.1. The van der Waals surface area contributed by atoms with Crippen molar-refractivity contribution in [2.24, 2.45) is 4.99 Å². The van der Waals surface area contributed by atoms with Crippen LogP contribution in [0, 0.1) is 0 Å². The zero-order valence-electron chi connectivity index (χ0n) is 14.9. The monoisotopic (exact) mass is 329 g/mol. The molecule has 1 saturated carbocycles. The number of nitrogens with one attached hydrogen (secondary N) is 1. The first-order chi connectivity index (χ1) is 11.7. The van der Waals surface area contributed by atoms with Crippen LogP contribution < -0.4 is 5.32 Å². The minimum atomic E-state index is -0.586. The van der Waals surface area contributed by atoms with Crippen LogP contribution in [0.4, 0.5) is 0 Å². The number of benzene rings is 1. The van der Waals surface area contributed by atoms with E-state index in [-0.39, 0.29) is 0 Å². The third-order valence-corrected chi connectivity index (χ3v) is 5.40. The van der Waals surface area contributed by atoms with Crippen LogP contribution in [0.15, 0.2) is 35.3 Å². The van der Waals surface area contributed by atoms with Crippen LogP contribution in [0.2, 0.25) is 0 Å². The van der Waals surface area contributed by atoms with Gasteiger partial charge in [-0.25, -0.2) is 0 Å². The molecule has 1 unspecified atom stereocenters. The highest BCUT2D eigenvalue weighted by atomic mass is 16.3. The summed E-state index contributed by atoms with van der Waals surface area (Å²) in [6, 6.07) is 10.8. The quantitative estimate of drug-likeness (QED) is 0.659. The Morgan fingerprint density at radius 3 is 2.71 bits per heavy atom. The molecule has 4 heteroatoms. The lowest BCUT2D eigenvalue weighted by Crippen LogP contribution is -2.42. The van der Waals surface area contributed by atoms with Gasteiger partial charge in [-0.3, -0.25) is 4.99 Å². The SMILES string of the molecule is CCNC(=NCC1(O)CCCCC1)N1CCC(c2ccccc2)C1. The Hall–Kier alpha value is -1.55. The third-order valence-electron chi connectivity index (χ3n) is 5.40. The van der Waals surface area contributed by atoms with E-state index in [1.165, 1.54) is 18.4 Å². The molecular formula is C20H31N3O. The largest absolute Gasteiger partial charge is 0.388 e. The Bertz CT molecular complexity index is 537. The molecule has 3 rings (SSSR count). The molecule has 0 spiro atoms. The van der Waals surface area contributed by atoms with E-state index < -0.39 is 5.60 Å². The zero-order chi connectivity index (χ0) is 16.8. The highest BCUT2D eigenvalue weighted by molar-refractivity contribution is 5.80. The first-order valence-corrected chi connectivity index (χ1v) is 9.51. The molecule has 2 aliphatic rings. The summed E-state index contributed by atoms with van der Waals surface area (Å²) in [7, 11) is 0. The molecule has 1 heterocycles. The molecule has 1 aromatic carbocycles. The fourth-order valence-corrected chi connectivity index (χ4v) is 3.97. The maximum atomic E-state index is 10.7. The molecule has 1 atom stereocenters. The minimum Gasteiger partial charge on any atom is -0.388 e. The summed E-state index contributed by atoms with van der Waals surface area (Å²) in [4.78, 5) is 7.15. The van der Waals surface area contributed by atoms with Crippen LogP contribution >= 0.6 is 0 Å². The van der Waals surface area contributed by atoms with Gasteiger partial charge >= 0.3 is 0 Å². The highest BCUT2D eigenvalue weighted by Crippen LogP contribution is 2.29. The number of hydrogen-bond acceptors (Lipinski definition) is 2. The number of aliphatic imine (C=N–C) groups is 1. The number of likely N-dealkylation sites (tertiary alicyclic amines) is 1. The maximum absolute atomic E-state index is 10.7. The van der Waals surface area contributed by atoms with Crippen molar-refractivity contribution in [2.45, 2.75) is 57.0 Å². The molecule has 0 bridgehead atoms. The van der Waals surface area contributed by atoms with Gasteiger partial charge in [0.15, 0.2) is 5.96 Å². The molecule has 4 nitrogen and oxygen atoms in total. The van der Waals surface area contributed by atoms with Crippen LogP contribution in [0.25, 0.3) is 0 Å². The lowest BCUT2D eigenvalue weighted by atomic mass is 9.85. The first-order valence-electron chi connectivity index (χ1n) is 9.51. The number of guanidine groups is 1. The summed E-state index contributed by atoms with van der Waals surface area (Å²) in [5.41, 5.74) is 0.832. The fraction of sp³-hybridized carbons (Fsp3) is 0.650. The second-order valence-corrected chi connectivity index (χ2v) is 7.30. The van der Waals surface area contributed by atoms with Gasteiger partial charge in [-0.2, -0.15) is 0 Å². The molecule has 2 fully saturated rings. The van der Waals surface area contributed by atoms with Crippen molar-refractivity contribution >= 4 is 5.96 Å². The van der Waals surface area contributed by atoms with Crippen molar-refractivity contribution in [1.29, 1.82) is 0 Å². The first kappa shape index (κ1) is 17.3. The Morgan fingerprint density at radius 2 is 2.00 bits per heavy atom. The van der Waals surface area contributed by atoms with Gasteiger partial charge in [0.25, 0.3) is 0 Å². The smallest absolute Gasteiger partial charge is 0.194 e. The highest BCUT2D eigenvalue weighted by Gasteiger charge is 2.30. The standard InChI is InChI=1S/C20H31N3O/c1-2-21-19(22-16-20(24)12-7-4-8-13-20)23-14-11-18(15-23)17-9-5-3-6-10-17/h3,5-6,9-10,18,24H,2,4,7-8,11-16H2,1H3,(H,21,22). The van der Waals surface area contributed by atoms with Gasteiger partial charge in [0.05, 0.1) is 12.1 Å². The average Bonchev–Trinajstić information content (AvgIpc) is 3.10. The Morgan fingerprint density at radius 1 is 1.25 bits per heavy atom. The van der Waals surface area contributed by atoms with Crippen molar-refractivity contribution in [3.05, 3.63) is 35.9 Å². The van der Waals surface area contributed by atoms with E-state index in [0.717, 1.165) is 51.3 Å². The molecule has 1 saturated heterocycles. The Kier molecular flexibility index (Phi) is 5.77. The van der Waals surface area contributed by atoms with Crippen molar-refractivity contribution in [2.75, 3.05) is 26.2 Å². The number of rotatable bonds is 4. The Balaban J connectivity index is 1.64. The Labute approximate surface area is 146 Å². The normalized spacial score (nSPS) is 24.2. The van der Waals surface area contributed by atoms with Crippen molar-refractivity contribution < 1.29 is 5.11 Å². The van der Waals surface area contributed by atoms with Crippen molar-refractivity contribution in [3.8, 4) is 0 Å². The second-order valence-electron chi connectivity index (χ2n) is 7.30. The van der Waals surface area contributed by atoms with Gasteiger partial charge in [-0.1, -0.05) is 49.6 Å². The van der Waals surface area contributed by atoms with E-state index in [4.69, 9.17) is 4.99 Å². The molecule has 0 radical (unpaired) electrons. The van der Waals surface area contributed by atoms with Crippen LogP contribution in [-0.4, -0.2) is 47.7 Å². The van der Waals surface area contributed by atoms with Crippen LogP contribution in [0.5, 0.6) is 0 Å². The molecular weight excluding hydrogens is 298 g/mol. The van der Waals surface area contributed by atoms with Gasteiger partial charge in [0, 0.05) is 25.6 Å². The zero-order valence-corrected chi connectivity index (χ0v) is 14.9. The van der Waals surface area contributed by atoms with Gasteiger partial charge < -0.3 is 15.3 Å². The second kappa shape index (κ2) is 8.02. The summed E-state index contributed by atoms with van der Waals surface area (Å²) in [6.07, 6.45) is 6.45. The fourth-order valence-electron chi connectivity index (χ4n) is 3.97. The topological polar surface area (TPSA) is 47.9 Å². The van der Waals surface area contributed by atoms with E-state index in [1.54, 1.807) is 0 Å². The molecule has 24 heavy (non-hydrogen) atoms. The van der Waals surface area contributed by atoms with Crippen LogP contribution in [0.3, 0.4) is 0 Å². The lowest BCUT2D eigenvalue weighted by molar-refractivity contribution is 0.0130. The van der Waals surface area contributed by atoms with Crippen LogP contribution in [-0.2, 0) is 0 Å². The third kappa shape index (κ3) is 4.29. The van der Waals surface area contributed by atoms with E-state index in [0.29, 0.717) is 12.5 Å². The predicted octanol–water partition coefficient (Wildman–Crippen LogP) is 3.14. The predicted molar refractivity (Wildman–Crippen MR) is 99.4 cm³/mol. The maximum Gasteiger partial charge on any atom is 0.194 e. The number of nitrogens with zero attached hydrogens (tertiary/aromatic N) is 2. The van der Waals surface area contributed by atoms with Crippen molar-refractivity contribution in [3.63, 3.8) is 0 Å². The lowest BCUT2D eigenvalue weighted by Gasteiger charge is -2.31. The van der Waals surface area contributed by atoms with Gasteiger partial charge in [0.2, 0.25) is 0 Å². The molecule has 0 aromatic heterocycles. The van der Waals surface area contributed by atoms with Gasteiger partial charge in [-0.15, -0.1) is 0 Å². The summed E-state index contributed by atoms with van der Waals surface area (Å²) in [6.45, 7) is 5.54. The molecule has 1 aliphatic carbocycles. The number of aliphatic hydroxyl groups is 1. The summed E-state index contributed by atoms with van der Waals surface area (Å²) < 4.78 is 0. The molecule has 1 aromatic rings. The summed E-state index contributed by atoms with van der Waals surface area (Å²) >= 11 is 0. The molecule has 0 amide bonds. The molecule has 2 N–H and O–H groups in total. The average molecular weight is 329 g/mol. The van der Waals surface area contributed by atoms with Crippen molar-refractivity contribution in [1.82, 2.24) is 10.2 Å². The minimum absolute atomic E-state index is 0.530. The molecule has 1 aliphatic heterocycles. The van der Waals surface area contributed by atoms with Gasteiger partial charge in [-0.05, 0) is 31.7 Å². The van der Waals surface area contributed by atoms with E-state index >= 15 is 0 Å². The van der Waals surface area contributed by atoms with Gasteiger partial charge in [0.1, 0.15) is 0 Å². The molecule has 132 valence electrons. The van der Waals surface area contributed by atoms with E-state index in [1.807, 2.05) is 0 Å². The van der Waals surface area contributed by atoms with Crippen LogP contribution in [0.1, 0.15) is 56.9 Å². The number of hydrogen-bond donors (Lipinski definition) is 2.